The van der Waals surface area contributed by atoms with Crippen molar-refractivity contribution in [3.63, 3.8) is 0 Å². The molecule has 2 aliphatic rings. The first-order valence-corrected chi connectivity index (χ1v) is 8.21. The topological polar surface area (TPSA) is 40.5 Å². The summed E-state index contributed by atoms with van der Waals surface area (Å²) in [5.41, 5.74) is 2.40. The third-order valence-electron chi connectivity index (χ3n) is 5.34. The van der Waals surface area contributed by atoms with Crippen LogP contribution < -0.4 is 0 Å². The van der Waals surface area contributed by atoms with Gasteiger partial charge in [0.1, 0.15) is 0 Å². The molecule has 0 heterocycles. The normalized spacial score (nSPS) is 34.9. The van der Waals surface area contributed by atoms with Gasteiger partial charge in [0.05, 0.1) is 12.2 Å². The average molecular weight is 274 g/mol. The van der Waals surface area contributed by atoms with Gasteiger partial charge in [-0.2, -0.15) is 0 Å². The van der Waals surface area contributed by atoms with Crippen molar-refractivity contribution in [2.45, 2.75) is 63.6 Å². The van der Waals surface area contributed by atoms with E-state index < -0.39 is 6.10 Å². The molecule has 2 N–H and O–H groups in total. The Bertz CT molecular complexity index is 443. The number of hydrogen-bond acceptors (Lipinski definition) is 2. The molecule has 1 aromatic rings. The maximum atomic E-state index is 10.9. The molecule has 4 unspecified atom stereocenters. The SMILES string of the molecule is OC1CCCCCC1C1CCCc2ccccc2C1O. The predicted molar refractivity (Wildman–Crippen MR) is 80.4 cm³/mol. The molecule has 0 aliphatic heterocycles. The van der Waals surface area contributed by atoms with E-state index in [0.29, 0.717) is 0 Å². The molecular formula is C18H26O2. The minimum atomic E-state index is -0.397. The highest BCUT2D eigenvalue weighted by Gasteiger charge is 2.36. The van der Waals surface area contributed by atoms with Crippen LogP contribution in [0.25, 0.3) is 0 Å². The molecule has 1 saturated carbocycles. The number of aliphatic hydroxyl groups excluding tert-OH is 2. The fraction of sp³-hybridized carbons (Fsp3) is 0.667. The highest BCUT2D eigenvalue weighted by molar-refractivity contribution is 5.30. The highest BCUT2D eigenvalue weighted by atomic mass is 16.3. The molecule has 0 saturated heterocycles. The first kappa shape index (κ1) is 14.1. The van der Waals surface area contributed by atoms with Gasteiger partial charge in [-0.05, 0) is 55.1 Å². The van der Waals surface area contributed by atoms with Gasteiger partial charge in [0.15, 0.2) is 0 Å². The minimum Gasteiger partial charge on any atom is -0.393 e. The minimum absolute atomic E-state index is 0.220. The zero-order valence-corrected chi connectivity index (χ0v) is 12.2. The number of aliphatic hydroxyl groups is 2. The third kappa shape index (κ3) is 2.77. The molecule has 3 rings (SSSR count). The van der Waals surface area contributed by atoms with Gasteiger partial charge in [-0.3, -0.25) is 0 Å². The molecule has 0 amide bonds. The molecule has 2 nitrogen and oxygen atoms in total. The second kappa shape index (κ2) is 6.28. The van der Waals surface area contributed by atoms with Crippen LogP contribution in [0.5, 0.6) is 0 Å². The van der Waals surface area contributed by atoms with Crippen LogP contribution in [0.4, 0.5) is 0 Å². The van der Waals surface area contributed by atoms with Crippen molar-refractivity contribution in [3.05, 3.63) is 35.4 Å². The van der Waals surface area contributed by atoms with E-state index in [4.69, 9.17) is 0 Å². The lowest BCUT2D eigenvalue weighted by atomic mass is 9.77. The van der Waals surface area contributed by atoms with Crippen molar-refractivity contribution in [1.82, 2.24) is 0 Å². The van der Waals surface area contributed by atoms with Gasteiger partial charge < -0.3 is 10.2 Å². The van der Waals surface area contributed by atoms with Crippen molar-refractivity contribution in [3.8, 4) is 0 Å². The number of hydrogen-bond donors (Lipinski definition) is 2. The van der Waals surface area contributed by atoms with Crippen molar-refractivity contribution in [2.24, 2.45) is 11.8 Å². The molecule has 4 atom stereocenters. The van der Waals surface area contributed by atoms with Gasteiger partial charge in [0, 0.05) is 0 Å². The Morgan fingerprint density at radius 1 is 0.800 bits per heavy atom. The zero-order chi connectivity index (χ0) is 13.9. The summed E-state index contributed by atoms with van der Waals surface area (Å²) in [6.45, 7) is 0. The Balaban J connectivity index is 1.86. The summed E-state index contributed by atoms with van der Waals surface area (Å²) in [5, 5.41) is 21.3. The average Bonchev–Trinajstić information content (AvgIpc) is 2.76. The van der Waals surface area contributed by atoms with Gasteiger partial charge in [-0.1, -0.05) is 43.5 Å². The predicted octanol–water partition coefficient (Wildman–Crippen LogP) is 3.61. The molecule has 2 aliphatic carbocycles. The maximum absolute atomic E-state index is 10.9. The van der Waals surface area contributed by atoms with Gasteiger partial charge in [0.25, 0.3) is 0 Å². The first-order chi connectivity index (χ1) is 9.77. The van der Waals surface area contributed by atoms with E-state index in [1.165, 1.54) is 18.4 Å². The van der Waals surface area contributed by atoms with E-state index >= 15 is 0 Å². The number of rotatable bonds is 1. The van der Waals surface area contributed by atoms with Crippen molar-refractivity contribution >= 4 is 0 Å². The van der Waals surface area contributed by atoms with Crippen molar-refractivity contribution in [1.29, 1.82) is 0 Å². The van der Waals surface area contributed by atoms with Crippen LogP contribution in [0.2, 0.25) is 0 Å². The lowest BCUT2D eigenvalue weighted by molar-refractivity contribution is -0.000359. The fourth-order valence-corrected chi connectivity index (χ4v) is 4.23. The summed E-state index contributed by atoms with van der Waals surface area (Å²) < 4.78 is 0. The van der Waals surface area contributed by atoms with Crippen LogP contribution in [0, 0.1) is 11.8 Å². The van der Waals surface area contributed by atoms with Crippen LogP contribution in [0.15, 0.2) is 24.3 Å². The lowest BCUT2D eigenvalue weighted by Crippen LogP contribution is -2.30. The largest absolute Gasteiger partial charge is 0.393 e. The van der Waals surface area contributed by atoms with Gasteiger partial charge >= 0.3 is 0 Å². The van der Waals surface area contributed by atoms with Crippen LogP contribution in [0.3, 0.4) is 0 Å². The molecule has 0 radical (unpaired) electrons. The molecule has 0 bridgehead atoms. The summed E-state index contributed by atoms with van der Waals surface area (Å²) >= 11 is 0. The fourth-order valence-electron chi connectivity index (χ4n) is 4.23. The molecular weight excluding hydrogens is 248 g/mol. The standard InChI is InChI=1S/C18H26O2/c19-17-12-3-1-2-10-15(17)16-11-6-8-13-7-4-5-9-14(13)18(16)20/h4-5,7,9,15-20H,1-3,6,8,10-12H2. The second-order valence-electron chi connectivity index (χ2n) is 6.57. The van der Waals surface area contributed by atoms with Crippen molar-refractivity contribution < 1.29 is 10.2 Å². The summed E-state index contributed by atoms with van der Waals surface area (Å²) in [6.07, 6.45) is 8.16. The summed E-state index contributed by atoms with van der Waals surface area (Å²) in [7, 11) is 0. The van der Waals surface area contributed by atoms with Crippen molar-refractivity contribution in [2.75, 3.05) is 0 Å². The Morgan fingerprint density at radius 3 is 2.45 bits per heavy atom. The molecule has 0 spiro atoms. The first-order valence-electron chi connectivity index (χ1n) is 8.21. The van der Waals surface area contributed by atoms with E-state index in [2.05, 4.69) is 18.2 Å². The molecule has 110 valence electrons. The maximum Gasteiger partial charge on any atom is 0.0824 e. The Hall–Kier alpha value is -0.860. The summed E-state index contributed by atoms with van der Waals surface area (Å²) in [4.78, 5) is 0. The second-order valence-corrected chi connectivity index (χ2v) is 6.57. The third-order valence-corrected chi connectivity index (χ3v) is 5.34. The Labute approximate surface area is 121 Å². The van der Waals surface area contributed by atoms with E-state index in [1.54, 1.807) is 0 Å². The monoisotopic (exact) mass is 274 g/mol. The molecule has 1 aromatic carbocycles. The summed E-state index contributed by atoms with van der Waals surface area (Å²) in [5.74, 6) is 0.505. The Kier molecular flexibility index (Phi) is 4.42. The van der Waals surface area contributed by atoms with Gasteiger partial charge in [0.2, 0.25) is 0 Å². The molecule has 0 aromatic heterocycles. The van der Waals surface area contributed by atoms with E-state index in [-0.39, 0.29) is 17.9 Å². The van der Waals surface area contributed by atoms with Crippen LogP contribution >= 0.6 is 0 Å². The van der Waals surface area contributed by atoms with Crippen LogP contribution in [-0.4, -0.2) is 16.3 Å². The number of fused-ring (bicyclic) bond motifs is 1. The number of benzene rings is 1. The zero-order valence-electron chi connectivity index (χ0n) is 12.2. The quantitative estimate of drug-likeness (QED) is 0.606. The number of aryl methyl sites for hydroxylation is 1. The Morgan fingerprint density at radius 2 is 1.55 bits per heavy atom. The molecule has 20 heavy (non-hydrogen) atoms. The van der Waals surface area contributed by atoms with Crippen LogP contribution in [0.1, 0.15) is 62.2 Å². The highest BCUT2D eigenvalue weighted by Crippen LogP contribution is 2.42. The van der Waals surface area contributed by atoms with Crippen LogP contribution in [-0.2, 0) is 6.42 Å². The molecule has 2 heteroatoms. The van der Waals surface area contributed by atoms with E-state index in [1.807, 2.05) is 6.07 Å². The summed E-state index contributed by atoms with van der Waals surface area (Å²) in [6, 6.07) is 8.30. The van der Waals surface area contributed by atoms with E-state index in [9.17, 15) is 10.2 Å². The molecule has 1 fully saturated rings. The van der Waals surface area contributed by atoms with Gasteiger partial charge in [-0.25, -0.2) is 0 Å². The van der Waals surface area contributed by atoms with E-state index in [0.717, 1.165) is 44.1 Å². The van der Waals surface area contributed by atoms with Gasteiger partial charge in [-0.15, -0.1) is 0 Å². The lowest BCUT2D eigenvalue weighted by Gasteiger charge is -2.32. The smallest absolute Gasteiger partial charge is 0.0824 e.